The van der Waals surface area contributed by atoms with Crippen molar-refractivity contribution >= 4 is 11.9 Å². The monoisotopic (exact) mass is 724 g/mol. The Balaban J connectivity index is 1.42. The van der Waals surface area contributed by atoms with E-state index in [1.807, 2.05) is 6.92 Å². The zero-order valence-electron chi connectivity index (χ0n) is 31.1. The molecule has 7 N–H and O–H groups in total. The normalized spacial score (nSPS) is 51.9. The number of allylic oxidation sites excluding steroid dienone is 2. The first-order valence-electron chi connectivity index (χ1n) is 18.6. The van der Waals surface area contributed by atoms with Gasteiger partial charge in [0.2, 0.25) is 0 Å². The molecule has 16 atom stereocenters. The second-order valence-corrected chi connectivity index (χ2v) is 18.2. The highest BCUT2D eigenvalue weighted by molar-refractivity contribution is 5.80. The van der Waals surface area contributed by atoms with Crippen LogP contribution in [-0.4, -0.2) is 124 Å². The molecule has 13 nitrogen and oxygen atoms in total. The molecule has 6 aliphatic rings. The van der Waals surface area contributed by atoms with Crippen LogP contribution in [0.3, 0.4) is 0 Å². The van der Waals surface area contributed by atoms with Gasteiger partial charge in [-0.15, -0.1) is 0 Å². The van der Waals surface area contributed by atoms with Crippen LogP contribution in [0.25, 0.3) is 0 Å². The Morgan fingerprint density at radius 2 is 1.51 bits per heavy atom. The Morgan fingerprint density at radius 3 is 2.12 bits per heavy atom. The Hall–Kier alpha value is -1.68. The molecular formula is C38H60O13. The predicted molar refractivity (Wildman–Crippen MR) is 180 cm³/mol. The highest BCUT2D eigenvalue weighted by Gasteiger charge is 2.74. The molecule has 0 aromatic carbocycles. The van der Waals surface area contributed by atoms with E-state index >= 15 is 0 Å². The summed E-state index contributed by atoms with van der Waals surface area (Å²) in [5.74, 6) is -2.09. The molecule has 0 amide bonds. The van der Waals surface area contributed by atoms with Crippen LogP contribution in [-0.2, 0) is 28.5 Å². The summed E-state index contributed by atoms with van der Waals surface area (Å²) in [7, 11) is 2.59. The van der Waals surface area contributed by atoms with Gasteiger partial charge < -0.3 is 54.7 Å². The number of rotatable bonds is 6. The second kappa shape index (κ2) is 13.0. The summed E-state index contributed by atoms with van der Waals surface area (Å²) in [6.07, 6.45) is -5.40. The van der Waals surface area contributed by atoms with Gasteiger partial charge in [0.1, 0.15) is 41.3 Å². The lowest BCUT2D eigenvalue weighted by molar-refractivity contribution is -0.344. The van der Waals surface area contributed by atoms with Crippen molar-refractivity contribution in [2.45, 2.75) is 135 Å². The highest BCUT2D eigenvalue weighted by Crippen LogP contribution is 2.76. The molecule has 290 valence electrons. The second-order valence-electron chi connectivity index (χ2n) is 18.2. The van der Waals surface area contributed by atoms with Gasteiger partial charge in [0.05, 0.1) is 39.6 Å². The minimum atomic E-state index is -1.81. The van der Waals surface area contributed by atoms with E-state index in [4.69, 9.17) is 18.9 Å². The van der Waals surface area contributed by atoms with E-state index in [9.17, 15) is 45.3 Å². The molecule has 6 rings (SSSR count). The quantitative estimate of drug-likeness (QED) is 0.117. The van der Waals surface area contributed by atoms with Crippen LogP contribution in [0.4, 0.5) is 0 Å². The Bertz CT molecular complexity index is 1400. The molecule has 4 saturated carbocycles. The first-order chi connectivity index (χ1) is 23.8. The third-order valence-corrected chi connectivity index (χ3v) is 15.6. The number of aliphatic hydroxyl groups is 7. The first kappa shape index (κ1) is 39.0. The average molecular weight is 725 g/mol. The molecule has 5 fully saturated rings. The molecule has 0 aromatic heterocycles. The standard InChI is InChI=1S/C38H60O13/c1-33(2)12-13-37(31(46)48-6)20(14-33)19-8-9-23-34(3)15-21(41)29(51-30-28(45)27(44)26(43)22(17-39)50-30)38(18-40,32(47)49-7)24(34)10-11-35(23,4)36(19,5)16-25(37)42/h8,20-30,39-45H,9-18H2,1-7H3/t20-,21-,22+,23+,24+,25+,26+,27-,28+,29-,30-,34+,35+,36+,37+,38+/m0/s1. The maximum absolute atomic E-state index is 14.1. The van der Waals surface area contributed by atoms with Crippen molar-refractivity contribution in [2.24, 2.45) is 50.2 Å². The van der Waals surface area contributed by atoms with Gasteiger partial charge in [0.15, 0.2) is 6.29 Å². The molecule has 5 aliphatic carbocycles. The fourth-order valence-electron chi connectivity index (χ4n) is 12.7. The fourth-order valence-corrected chi connectivity index (χ4v) is 12.7. The van der Waals surface area contributed by atoms with Crippen molar-refractivity contribution in [3.8, 4) is 0 Å². The first-order valence-corrected chi connectivity index (χ1v) is 18.6. The molecule has 0 spiro atoms. The van der Waals surface area contributed by atoms with E-state index < -0.39 is 101 Å². The van der Waals surface area contributed by atoms with Crippen molar-refractivity contribution < 1.29 is 64.3 Å². The molecule has 1 saturated heterocycles. The smallest absolute Gasteiger partial charge is 0.317 e. The zero-order valence-corrected chi connectivity index (χ0v) is 31.1. The Morgan fingerprint density at radius 1 is 0.843 bits per heavy atom. The maximum Gasteiger partial charge on any atom is 0.317 e. The van der Waals surface area contributed by atoms with Gasteiger partial charge in [0.25, 0.3) is 0 Å². The summed E-state index contributed by atoms with van der Waals surface area (Å²) in [6.45, 7) is 9.45. The van der Waals surface area contributed by atoms with Gasteiger partial charge >= 0.3 is 11.9 Å². The van der Waals surface area contributed by atoms with E-state index in [0.717, 1.165) is 12.8 Å². The molecule has 0 aromatic rings. The maximum atomic E-state index is 14.1. The molecular weight excluding hydrogens is 664 g/mol. The summed E-state index contributed by atoms with van der Waals surface area (Å²) in [4.78, 5) is 27.7. The molecule has 51 heavy (non-hydrogen) atoms. The average Bonchev–Trinajstić information content (AvgIpc) is 3.08. The number of ether oxygens (including phenoxy) is 4. The summed E-state index contributed by atoms with van der Waals surface area (Å²) in [5.41, 5.74) is -3.48. The lowest BCUT2D eigenvalue weighted by Crippen LogP contribution is -2.72. The van der Waals surface area contributed by atoms with E-state index in [2.05, 4.69) is 33.8 Å². The lowest BCUT2D eigenvalue weighted by atomic mass is 9.33. The van der Waals surface area contributed by atoms with E-state index in [-0.39, 0.29) is 29.6 Å². The summed E-state index contributed by atoms with van der Waals surface area (Å²) < 4.78 is 22.6. The molecule has 0 bridgehead atoms. The summed E-state index contributed by atoms with van der Waals surface area (Å²) in [5, 5.41) is 76.8. The van der Waals surface area contributed by atoms with Crippen LogP contribution in [0.15, 0.2) is 11.6 Å². The van der Waals surface area contributed by atoms with Crippen LogP contribution in [0, 0.1) is 50.2 Å². The number of aliphatic hydroxyl groups excluding tert-OH is 7. The summed E-state index contributed by atoms with van der Waals surface area (Å²) in [6, 6.07) is 0. The topological polar surface area (TPSA) is 213 Å². The zero-order chi connectivity index (χ0) is 37.7. The van der Waals surface area contributed by atoms with Gasteiger partial charge in [-0.25, -0.2) is 0 Å². The number of hydrogen-bond donors (Lipinski definition) is 7. The minimum Gasteiger partial charge on any atom is -0.468 e. The van der Waals surface area contributed by atoms with Crippen LogP contribution < -0.4 is 0 Å². The van der Waals surface area contributed by atoms with Crippen LogP contribution in [0.5, 0.6) is 0 Å². The third-order valence-electron chi connectivity index (χ3n) is 15.6. The van der Waals surface area contributed by atoms with Gasteiger partial charge in [0, 0.05) is 0 Å². The molecule has 13 heteroatoms. The fraction of sp³-hybridized carbons (Fsp3) is 0.895. The van der Waals surface area contributed by atoms with Gasteiger partial charge in [-0.05, 0) is 90.8 Å². The molecule has 1 aliphatic heterocycles. The van der Waals surface area contributed by atoms with Crippen molar-refractivity contribution in [1.29, 1.82) is 0 Å². The third kappa shape index (κ3) is 5.19. The minimum absolute atomic E-state index is 0.0485. The Kier molecular flexibility index (Phi) is 9.93. The van der Waals surface area contributed by atoms with Crippen LogP contribution in [0.2, 0.25) is 0 Å². The van der Waals surface area contributed by atoms with Crippen molar-refractivity contribution in [3.63, 3.8) is 0 Å². The van der Waals surface area contributed by atoms with Crippen molar-refractivity contribution in [1.82, 2.24) is 0 Å². The molecule has 0 unspecified atom stereocenters. The number of methoxy groups -OCH3 is 2. The predicted octanol–water partition coefficient (Wildman–Crippen LogP) is 1.21. The summed E-state index contributed by atoms with van der Waals surface area (Å²) >= 11 is 0. The van der Waals surface area contributed by atoms with E-state index in [1.165, 1.54) is 19.8 Å². The SMILES string of the molecule is COC(=O)[C@]12CCC(C)(C)C[C@H]1C1=CC[C@@H]3[C@@]4(C)C[C@H](O)[C@H](O[C@@H]5O[C@H](CO)[C@@H](O)[C@H](O)[C@H]5O)[C@](CO)(C(=O)OC)[C@@H]4CC[C@@]3(C)[C@]1(C)C[C@H]2O. The van der Waals surface area contributed by atoms with Crippen molar-refractivity contribution in [2.75, 3.05) is 27.4 Å². The van der Waals surface area contributed by atoms with Gasteiger partial charge in [-0.2, -0.15) is 0 Å². The number of fused-ring (bicyclic) bond motifs is 7. The van der Waals surface area contributed by atoms with Crippen molar-refractivity contribution in [3.05, 3.63) is 11.6 Å². The lowest BCUT2D eigenvalue weighted by Gasteiger charge is -2.72. The Labute approximate surface area is 300 Å². The van der Waals surface area contributed by atoms with Crippen LogP contribution in [0.1, 0.15) is 86.0 Å². The highest BCUT2D eigenvalue weighted by atomic mass is 16.7. The molecule has 1 heterocycles. The number of esters is 2. The number of hydrogen-bond acceptors (Lipinski definition) is 13. The van der Waals surface area contributed by atoms with Crippen LogP contribution >= 0.6 is 0 Å². The molecule has 0 radical (unpaired) electrons. The van der Waals surface area contributed by atoms with Gasteiger partial charge in [-0.3, -0.25) is 9.59 Å². The number of carbonyl (C=O) groups is 2. The van der Waals surface area contributed by atoms with E-state index in [1.54, 1.807) is 0 Å². The van der Waals surface area contributed by atoms with E-state index in [0.29, 0.717) is 32.1 Å². The largest absolute Gasteiger partial charge is 0.468 e. The van der Waals surface area contributed by atoms with Gasteiger partial charge in [-0.1, -0.05) is 46.3 Å². The number of carbonyl (C=O) groups excluding carboxylic acids is 2.